The van der Waals surface area contributed by atoms with Crippen LogP contribution >= 0.6 is 27.5 Å². The number of allylic oxidation sites excluding steroid dienone is 1. The summed E-state index contributed by atoms with van der Waals surface area (Å²) in [6, 6.07) is 3.02. The molecule has 2 rings (SSSR count). The van der Waals surface area contributed by atoms with E-state index in [1.807, 2.05) is 6.08 Å². The van der Waals surface area contributed by atoms with Gasteiger partial charge in [-0.3, -0.25) is 9.89 Å². The number of alkyl halides is 1. The predicted octanol–water partition coefficient (Wildman–Crippen LogP) is 4.69. The molecule has 1 aromatic rings. The number of ether oxygens (including phenoxy) is 1. The third kappa shape index (κ3) is 5.27. The van der Waals surface area contributed by atoms with Crippen LogP contribution in [0.25, 0.3) is 0 Å². The van der Waals surface area contributed by atoms with Crippen LogP contribution in [-0.4, -0.2) is 34.8 Å². The van der Waals surface area contributed by atoms with Crippen LogP contribution in [0.3, 0.4) is 0 Å². The molecule has 0 bridgehead atoms. The molecule has 1 aliphatic heterocycles. The summed E-state index contributed by atoms with van der Waals surface area (Å²) in [6.07, 6.45) is 3.44. The Kier molecular flexibility index (Phi) is 5.98. The summed E-state index contributed by atoms with van der Waals surface area (Å²) in [5.41, 5.74) is -0.0443. The maximum Gasteiger partial charge on any atom is 0.416 e. The predicted molar refractivity (Wildman–Crippen MR) is 96.3 cm³/mol. The van der Waals surface area contributed by atoms with E-state index in [9.17, 15) is 9.18 Å². The molecule has 0 fully saturated rings. The topological polar surface area (TPSA) is 54.8 Å². The molecular formula is C16H18BrClFN3O2. The molecule has 1 aliphatic rings. The molecule has 0 aliphatic carbocycles. The van der Waals surface area contributed by atoms with Gasteiger partial charge in [-0.25, -0.2) is 9.78 Å². The molecule has 0 spiro atoms. The average Bonchev–Trinajstić information content (AvgIpc) is 2.48. The maximum atomic E-state index is 13.8. The van der Waals surface area contributed by atoms with Crippen LogP contribution in [0.4, 0.5) is 15.0 Å². The molecule has 0 N–H and O–H groups in total. The van der Waals surface area contributed by atoms with Gasteiger partial charge in [0.1, 0.15) is 11.4 Å². The molecule has 0 radical (unpaired) electrons. The van der Waals surface area contributed by atoms with Gasteiger partial charge in [-0.1, -0.05) is 6.08 Å². The Labute approximate surface area is 153 Å². The second kappa shape index (κ2) is 7.61. The van der Waals surface area contributed by atoms with Crippen molar-refractivity contribution in [1.82, 2.24) is 4.98 Å². The van der Waals surface area contributed by atoms with Crippen molar-refractivity contribution in [2.75, 3.05) is 11.4 Å². The highest BCUT2D eigenvalue weighted by Crippen LogP contribution is 2.23. The first-order valence-corrected chi connectivity index (χ1v) is 8.58. The summed E-state index contributed by atoms with van der Waals surface area (Å²) in [7, 11) is 0. The van der Waals surface area contributed by atoms with Crippen molar-refractivity contribution < 1.29 is 13.9 Å². The number of hydrogen-bond donors (Lipinski definition) is 0. The van der Waals surface area contributed by atoms with E-state index in [2.05, 4.69) is 25.9 Å². The van der Waals surface area contributed by atoms with Crippen molar-refractivity contribution in [3.63, 3.8) is 0 Å². The zero-order valence-electron chi connectivity index (χ0n) is 13.6. The minimum absolute atomic E-state index is 0.114. The standard InChI is InChI=1S/C16H18BrClFN3O2/c1-16(2,3)24-15(23)22(9-11-5-4-10(18)8-20-11)13-7-6-12(17)14(19)21-13/h5-8,10H,4,9H2,1-3H3. The Morgan fingerprint density at radius 3 is 2.75 bits per heavy atom. The summed E-state index contributed by atoms with van der Waals surface area (Å²) in [6.45, 7) is 5.39. The molecule has 2 heterocycles. The van der Waals surface area contributed by atoms with Crippen LogP contribution in [0.5, 0.6) is 0 Å². The van der Waals surface area contributed by atoms with Crippen molar-refractivity contribution >= 4 is 45.7 Å². The lowest BCUT2D eigenvalue weighted by Crippen LogP contribution is -2.38. The molecular weight excluding hydrogens is 401 g/mol. The van der Waals surface area contributed by atoms with Gasteiger partial charge >= 0.3 is 6.09 Å². The molecule has 8 heteroatoms. The van der Waals surface area contributed by atoms with Gasteiger partial charge in [0.05, 0.1) is 22.1 Å². The maximum absolute atomic E-state index is 13.8. The Hall–Kier alpha value is -1.47. The first kappa shape index (κ1) is 18.9. The van der Waals surface area contributed by atoms with Gasteiger partial charge < -0.3 is 4.74 Å². The van der Waals surface area contributed by atoms with Crippen molar-refractivity contribution in [3.8, 4) is 0 Å². The van der Waals surface area contributed by atoms with Gasteiger partial charge in [0.2, 0.25) is 5.95 Å². The summed E-state index contributed by atoms with van der Waals surface area (Å²) >= 11 is 9.00. The molecule has 1 aromatic heterocycles. The SMILES string of the molecule is CC(C)(C)OC(=O)N(CC1=CCC(Cl)C=N1)c1ccc(Br)c(F)n1. The summed E-state index contributed by atoms with van der Waals surface area (Å²) < 4.78 is 19.4. The number of pyridine rings is 1. The van der Waals surface area contributed by atoms with E-state index in [1.165, 1.54) is 17.0 Å². The zero-order valence-corrected chi connectivity index (χ0v) is 15.9. The van der Waals surface area contributed by atoms with E-state index >= 15 is 0 Å². The largest absolute Gasteiger partial charge is 0.443 e. The number of aliphatic imine (C=N–C) groups is 1. The first-order chi connectivity index (χ1) is 11.2. The lowest BCUT2D eigenvalue weighted by molar-refractivity contribution is 0.0582. The fourth-order valence-corrected chi connectivity index (χ4v) is 2.29. The number of amides is 1. The van der Waals surface area contributed by atoms with Gasteiger partial charge in [0.25, 0.3) is 0 Å². The third-order valence-electron chi connectivity index (χ3n) is 2.98. The Balaban J connectivity index is 2.28. The van der Waals surface area contributed by atoms with Crippen molar-refractivity contribution in [2.24, 2.45) is 4.99 Å². The van der Waals surface area contributed by atoms with E-state index in [0.29, 0.717) is 12.1 Å². The van der Waals surface area contributed by atoms with E-state index in [0.717, 1.165) is 0 Å². The van der Waals surface area contributed by atoms with Crippen molar-refractivity contribution in [3.05, 3.63) is 34.3 Å². The van der Waals surface area contributed by atoms with E-state index in [4.69, 9.17) is 16.3 Å². The van der Waals surface area contributed by atoms with E-state index in [1.54, 1.807) is 27.0 Å². The molecule has 1 atom stereocenters. The Bertz CT molecular complexity index is 688. The molecule has 24 heavy (non-hydrogen) atoms. The fraction of sp³-hybridized carbons (Fsp3) is 0.438. The summed E-state index contributed by atoms with van der Waals surface area (Å²) in [5, 5.41) is -0.160. The highest BCUT2D eigenvalue weighted by atomic mass is 79.9. The quantitative estimate of drug-likeness (QED) is 0.528. The third-order valence-corrected chi connectivity index (χ3v) is 3.86. The van der Waals surface area contributed by atoms with Gasteiger partial charge in [0.15, 0.2) is 0 Å². The highest BCUT2D eigenvalue weighted by molar-refractivity contribution is 9.10. The Morgan fingerprint density at radius 1 is 1.50 bits per heavy atom. The smallest absolute Gasteiger partial charge is 0.416 e. The first-order valence-electron chi connectivity index (χ1n) is 7.35. The highest BCUT2D eigenvalue weighted by Gasteiger charge is 2.26. The van der Waals surface area contributed by atoms with E-state index in [-0.39, 0.29) is 22.2 Å². The van der Waals surface area contributed by atoms with Crippen LogP contribution in [0.15, 0.2) is 33.4 Å². The van der Waals surface area contributed by atoms with Gasteiger partial charge in [-0.15, -0.1) is 11.6 Å². The minimum atomic E-state index is -0.706. The summed E-state index contributed by atoms with van der Waals surface area (Å²) in [5.74, 6) is -0.558. The number of anilines is 1. The molecule has 1 unspecified atom stereocenters. The molecule has 1 amide bonds. The van der Waals surface area contributed by atoms with Crippen molar-refractivity contribution in [2.45, 2.75) is 38.2 Å². The normalized spacial score (nSPS) is 17.4. The van der Waals surface area contributed by atoms with Gasteiger partial charge in [0, 0.05) is 6.21 Å². The molecule has 0 aromatic carbocycles. The fourth-order valence-electron chi connectivity index (χ4n) is 1.92. The van der Waals surface area contributed by atoms with Gasteiger partial charge in [-0.2, -0.15) is 4.39 Å². The lowest BCUT2D eigenvalue weighted by atomic mass is 10.2. The van der Waals surface area contributed by atoms with Crippen LogP contribution in [0.1, 0.15) is 27.2 Å². The second-order valence-corrected chi connectivity index (χ2v) is 7.65. The van der Waals surface area contributed by atoms with Crippen LogP contribution < -0.4 is 4.90 Å². The molecule has 0 saturated carbocycles. The van der Waals surface area contributed by atoms with Crippen molar-refractivity contribution in [1.29, 1.82) is 0 Å². The van der Waals surface area contributed by atoms with E-state index < -0.39 is 17.6 Å². The van der Waals surface area contributed by atoms with Gasteiger partial charge in [-0.05, 0) is 55.3 Å². The number of nitrogens with zero attached hydrogens (tertiary/aromatic N) is 3. The Morgan fingerprint density at radius 2 is 2.21 bits per heavy atom. The zero-order chi connectivity index (χ0) is 17.9. The lowest BCUT2D eigenvalue weighted by Gasteiger charge is -2.27. The number of aromatic nitrogens is 1. The van der Waals surface area contributed by atoms with Crippen LogP contribution in [0.2, 0.25) is 0 Å². The molecule has 130 valence electrons. The minimum Gasteiger partial charge on any atom is -0.443 e. The number of rotatable bonds is 3. The van der Waals surface area contributed by atoms with Crippen LogP contribution in [-0.2, 0) is 4.74 Å². The number of halogens is 3. The monoisotopic (exact) mass is 417 g/mol. The summed E-state index contributed by atoms with van der Waals surface area (Å²) in [4.78, 5) is 21.8. The number of carbonyl (C=O) groups is 1. The van der Waals surface area contributed by atoms with Crippen LogP contribution in [0, 0.1) is 5.95 Å². The second-order valence-electron chi connectivity index (χ2n) is 6.23. The average molecular weight is 419 g/mol. The number of carbonyl (C=O) groups excluding carboxylic acids is 1. The number of hydrogen-bond acceptors (Lipinski definition) is 4. The molecule has 5 nitrogen and oxygen atoms in total. The molecule has 0 saturated heterocycles.